The molecule has 0 aliphatic heterocycles. The van der Waals surface area contributed by atoms with Crippen LogP contribution in [-0.2, 0) is 0 Å². The third-order valence-electron chi connectivity index (χ3n) is 1.89. The van der Waals surface area contributed by atoms with Crippen molar-refractivity contribution in [3.63, 3.8) is 0 Å². The van der Waals surface area contributed by atoms with Gasteiger partial charge >= 0.3 is 0 Å². The summed E-state index contributed by atoms with van der Waals surface area (Å²) in [5, 5.41) is 0. The van der Waals surface area contributed by atoms with E-state index in [4.69, 9.17) is 4.74 Å². The highest BCUT2D eigenvalue weighted by Crippen LogP contribution is 2.23. The largest absolute Gasteiger partial charge is 0.491 e. The quantitative estimate of drug-likeness (QED) is 0.545. The molecule has 1 aromatic rings. The lowest BCUT2D eigenvalue weighted by Crippen LogP contribution is -1.98. The molecule has 0 N–H and O–H groups in total. The molecule has 14 heavy (non-hydrogen) atoms. The lowest BCUT2D eigenvalue weighted by atomic mass is 10.3. The normalized spacial score (nSPS) is 10.2. The molecule has 1 aromatic carbocycles. The van der Waals surface area contributed by atoms with Crippen molar-refractivity contribution in [1.82, 2.24) is 0 Å². The molecule has 1 nitrogen and oxygen atoms in total. The Labute approximate surface area is 88.7 Å². The van der Waals surface area contributed by atoms with Gasteiger partial charge in [-0.1, -0.05) is 13.3 Å². The molecule has 0 fully saturated rings. The molecule has 0 radical (unpaired) electrons. The van der Waals surface area contributed by atoms with Crippen LogP contribution in [0.1, 0.15) is 19.8 Å². The van der Waals surface area contributed by atoms with Crippen LogP contribution in [-0.4, -0.2) is 12.9 Å². The maximum atomic E-state index is 13.3. The van der Waals surface area contributed by atoms with Crippen LogP contribution in [0.15, 0.2) is 23.1 Å². The standard InChI is InChI=1S/C11H15FOS/c1-3-4-7-13-11-6-5-9(14-2)8-10(11)12/h5-6,8H,3-4,7H2,1-2H3. The number of thioether (sulfide) groups is 1. The smallest absolute Gasteiger partial charge is 0.166 e. The highest BCUT2D eigenvalue weighted by atomic mass is 32.2. The Kier molecular flexibility index (Phi) is 4.80. The second kappa shape index (κ2) is 5.91. The molecule has 0 saturated carbocycles. The summed E-state index contributed by atoms with van der Waals surface area (Å²) in [5.74, 6) is 0.0872. The summed E-state index contributed by atoms with van der Waals surface area (Å²) >= 11 is 1.52. The van der Waals surface area contributed by atoms with Gasteiger partial charge in [0.1, 0.15) is 0 Å². The zero-order valence-corrected chi connectivity index (χ0v) is 9.36. The minimum atomic E-state index is -0.270. The summed E-state index contributed by atoms with van der Waals surface area (Å²) in [7, 11) is 0. The molecule has 0 saturated heterocycles. The van der Waals surface area contributed by atoms with Crippen LogP contribution in [0.3, 0.4) is 0 Å². The number of ether oxygens (including phenoxy) is 1. The van der Waals surface area contributed by atoms with E-state index in [0.717, 1.165) is 17.7 Å². The Morgan fingerprint density at radius 1 is 1.43 bits per heavy atom. The lowest BCUT2D eigenvalue weighted by molar-refractivity contribution is 0.294. The van der Waals surface area contributed by atoms with E-state index in [-0.39, 0.29) is 5.82 Å². The molecule has 0 spiro atoms. The SMILES string of the molecule is CCCCOc1ccc(SC)cc1F. The average molecular weight is 214 g/mol. The molecule has 0 atom stereocenters. The van der Waals surface area contributed by atoms with E-state index in [1.807, 2.05) is 12.3 Å². The number of unbranched alkanes of at least 4 members (excludes halogenated alkanes) is 1. The van der Waals surface area contributed by atoms with E-state index in [1.165, 1.54) is 17.8 Å². The number of halogens is 1. The summed E-state index contributed by atoms with van der Waals surface area (Å²) < 4.78 is 18.6. The van der Waals surface area contributed by atoms with E-state index in [0.29, 0.717) is 12.4 Å². The van der Waals surface area contributed by atoms with E-state index in [1.54, 1.807) is 6.07 Å². The van der Waals surface area contributed by atoms with Gasteiger partial charge in [-0.15, -0.1) is 11.8 Å². The van der Waals surface area contributed by atoms with Gasteiger partial charge in [0.2, 0.25) is 0 Å². The van der Waals surface area contributed by atoms with Gasteiger partial charge in [-0.2, -0.15) is 0 Å². The average Bonchev–Trinajstić information content (AvgIpc) is 2.20. The highest BCUT2D eigenvalue weighted by Gasteiger charge is 2.03. The summed E-state index contributed by atoms with van der Waals surface area (Å²) in [4.78, 5) is 0.922. The third kappa shape index (κ3) is 3.22. The summed E-state index contributed by atoms with van der Waals surface area (Å²) in [6, 6.07) is 5.07. The van der Waals surface area contributed by atoms with Crippen LogP contribution in [0.25, 0.3) is 0 Å². The lowest BCUT2D eigenvalue weighted by Gasteiger charge is -2.06. The van der Waals surface area contributed by atoms with E-state index >= 15 is 0 Å². The number of hydrogen-bond acceptors (Lipinski definition) is 2. The molecule has 0 heterocycles. The minimum absolute atomic E-state index is 0.270. The number of hydrogen-bond donors (Lipinski definition) is 0. The van der Waals surface area contributed by atoms with E-state index < -0.39 is 0 Å². The van der Waals surface area contributed by atoms with Crippen LogP contribution in [0, 0.1) is 5.82 Å². The molecule has 3 heteroatoms. The highest BCUT2D eigenvalue weighted by molar-refractivity contribution is 7.98. The second-order valence-electron chi connectivity index (χ2n) is 3.00. The summed E-state index contributed by atoms with van der Waals surface area (Å²) in [5.41, 5.74) is 0. The fraction of sp³-hybridized carbons (Fsp3) is 0.455. The Morgan fingerprint density at radius 3 is 2.79 bits per heavy atom. The molecule has 0 bridgehead atoms. The fourth-order valence-electron chi connectivity index (χ4n) is 1.05. The van der Waals surface area contributed by atoms with Crippen LogP contribution < -0.4 is 4.74 Å². The maximum Gasteiger partial charge on any atom is 0.166 e. The zero-order chi connectivity index (χ0) is 10.4. The first-order valence-electron chi connectivity index (χ1n) is 4.74. The van der Waals surface area contributed by atoms with Crippen molar-refractivity contribution in [2.24, 2.45) is 0 Å². The van der Waals surface area contributed by atoms with Gasteiger partial charge in [0, 0.05) is 4.90 Å². The van der Waals surface area contributed by atoms with Crippen molar-refractivity contribution in [3.05, 3.63) is 24.0 Å². The van der Waals surface area contributed by atoms with Gasteiger partial charge in [-0.05, 0) is 30.9 Å². The predicted octanol–water partition coefficient (Wildman–Crippen LogP) is 3.73. The summed E-state index contributed by atoms with van der Waals surface area (Å²) in [6.07, 6.45) is 3.95. The first-order chi connectivity index (χ1) is 6.77. The van der Waals surface area contributed by atoms with Gasteiger partial charge in [-0.25, -0.2) is 4.39 Å². The molecule has 1 rings (SSSR count). The zero-order valence-electron chi connectivity index (χ0n) is 8.55. The molecule has 0 aliphatic carbocycles. The van der Waals surface area contributed by atoms with Gasteiger partial charge in [0.15, 0.2) is 11.6 Å². The van der Waals surface area contributed by atoms with Crippen LogP contribution in [0.5, 0.6) is 5.75 Å². The van der Waals surface area contributed by atoms with Gasteiger partial charge < -0.3 is 4.74 Å². The topological polar surface area (TPSA) is 9.23 Å². The molecule has 0 aliphatic rings. The van der Waals surface area contributed by atoms with Crippen LogP contribution >= 0.6 is 11.8 Å². The van der Waals surface area contributed by atoms with Gasteiger partial charge in [-0.3, -0.25) is 0 Å². The molecule has 0 unspecified atom stereocenters. The number of rotatable bonds is 5. The van der Waals surface area contributed by atoms with Crippen molar-refractivity contribution in [1.29, 1.82) is 0 Å². The Hall–Kier alpha value is -0.700. The van der Waals surface area contributed by atoms with Crippen molar-refractivity contribution >= 4 is 11.8 Å². The van der Waals surface area contributed by atoms with Gasteiger partial charge in [0.05, 0.1) is 6.61 Å². The maximum absolute atomic E-state index is 13.3. The molecular formula is C11H15FOS. The summed E-state index contributed by atoms with van der Waals surface area (Å²) in [6.45, 7) is 2.67. The number of benzene rings is 1. The van der Waals surface area contributed by atoms with Gasteiger partial charge in [0.25, 0.3) is 0 Å². The van der Waals surface area contributed by atoms with Crippen LogP contribution in [0.4, 0.5) is 4.39 Å². The van der Waals surface area contributed by atoms with E-state index in [9.17, 15) is 4.39 Å². The minimum Gasteiger partial charge on any atom is -0.491 e. The molecule has 0 amide bonds. The van der Waals surface area contributed by atoms with Crippen molar-refractivity contribution in [2.45, 2.75) is 24.7 Å². The Balaban J connectivity index is 2.59. The second-order valence-corrected chi connectivity index (χ2v) is 3.88. The fourth-order valence-corrected chi connectivity index (χ4v) is 1.48. The first kappa shape index (κ1) is 11.4. The molecular weight excluding hydrogens is 199 g/mol. The van der Waals surface area contributed by atoms with E-state index in [2.05, 4.69) is 6.92 Å². The Bertz CT molecular complexity index is 289. The monoisotopic (exact) mass is 214 g/mol. The Morgan fingerprint density at radius 2 is 2.21 bits per heavy atom. The third-order valence-corrected chi connectivity index (χ3v) is 2.62. The van der Waals surface area contributed by atoms with Crippen molar-refractivity contribution in [2.75, 3.05) is 12.9 Å². The van der Waals surface area contributed by atoms with Crippen LogP contribution in [0.2, 0.25) is 0 Å². The molecule has 78 valence electrons. The first-order valence-corrected chi connectivity index (χ1v) is 5.96. The predicted molar refractivity (Wildman–Crippen MR) is 58.6 cm³/mol. The molecule has 0 aromatic heterocycles. The van der Waals surface area contributed by atoms with Crippen molar-refractivity contribution < 1.29 is 9.13 Å². The van der Waals surface area contributed by atoms with Crippen molar-refractivity contribution in [3.8, 4) is 5.75 Å².